The molecule has 1 heterocycles. The molecule has 9 aromatic carbocycles. The molecule has 0 aliphatic carbocycles. The lowest BCUT2D eigenvalue weighted by molar-refractivity contribution is 0.669. The fourth-order valence-corrected chi connectivity index (χ4v) is 7.74. The lowest BCUT2D eigenvalue weighted by Crippen LogP contribution is -2.12. The maximum Gasteiger partial charge on any atom is 0.136 e. The van der Waals surface area contributed by atoms with Crippen LogP contribution in [0.1, 0.15) is 0 Å². The summed E-state index contributed by atoms with van der Waals surface area (Å²) in [6, 6.07) is 71.7. The van der Waals surface area contributed by atoms with E-state index in [4.69, 9.17) is 4.42 Å². The number of anilines is 3. The van der Waals surface area contributed by atoms with E-state index in [0.717, 1.165) is 55.7 Å². The number of fused-ring (bicyclic) bond motifs is 5. The Morgan fingerprint density at radius 2 is 0.904 bits per heavy atom. The van der Waals surface area contributed by atoms with Crippen LogP contribution in [0.4, 0.5) is 17.1 Å². The fourth-order valence-electron chi connectivity index (χ4n) is 7.74. The van der Waals surface area contributed by atoms with Crippen molar-refractivity contribution in [1.29, 1.82) is 0 Å². The summed E-state index contributed by atoms with van der Waals surface area (Å²) in [6.45, 7) is 0. The van der Waals surface area contributed by atoms with E-state index in [-0.39, 0.29) is 0 Å². The van der Waals surface area contributed by atoms with Gasteiger partial charge in [-0.1, -0.05) is 152 Å². The van der Waals surface area contributed by atoms with Gasteiger partial charge in [0.05, 0.1) is 11.4 Å². The Labute approximate surface area is 302 Å². The number of benzene rings is 9. The third-order valence-electron chi connectivity index (χ3n) is 10.2. The first-order valence-corrected chi connectivity index (χ1v) is 17.8. The molecule has 0 unspecified atom stereocenters. The summed E-state index contributed by atoms with van der Waals surface area (Å²) in [6.07, 6.45) is 0. The Balaban J connectivity index is 1.19. The Bertz CT molecular complexity index is 2900. The summed E-state index contributed by atoms with van der Waals surface area (Å²) >= 11 is 0. The highest BCUT2D eigenvalue weighted by Gasteiger charge is 2.22. The summed E-state index contributed by atoms with van der Waals surface area (Å²) in [5.41, 5.74) is 12.0. The summed E-state index contributed by atoms with van der Waals surface area (Å²) < 4.78 is 6.54. The zero-order valence-corrected chi connectivity index (χ0v) is 28.4. The molecule has 244 valence electrons. The van der Waals surface area contributed by atoms with Gasteiger partial charge in [0, 0.05) is 27.6 Å². The van der Waals surface area contributed by atoms with Crippen LogP contribution in [-0.4, -0.2) is 0 Å². The van der Waals surface area contributed by atoms with E-state index >= 15 is 0 Å². The molecule has 10 rings (SSSR count). The highest BCUT2D eigenvalue weighted by atomic mass is 16.3. The van der Waals surface area contributed by atoms with Gasteiger partial charge in [-0.25, -0.2) is 0 Å². The zero-order chi connectivity index (χ0) is 34.4. The van der Waals surface area contributed by atoms with Gasteiger partial charge in [-0.15, -0.1) is 0 Å². The lowest BCUT2D eigenvalue weighted by Gasteiger charge is -2.30. The Morgan fingerprint density at radius 1 is 0.327 bits per heavy atom. The smallest absolute Gasteiger partial charge is 0.136 e. The number of hydrogen-bond acceptors (Lipinski definition) is 2. The van der Waals surface area contributed by atoms with Crippen molar-refractivity contribution < 1.29 is 4.42 Å². The van der Waals surface area contributed by atoms with Crippen LogP contribution in [0, 0.1) is 0 Å². The second-order valence-electron chi connectivity index (χ2n) is 13.3. The molecule has 0 radical (unpaired) electrons. The van der Waals surface area contributed by atoms with Gasteiger partial charge in [-0.05, 0) is 92.3 Å². The molecule has 0 N–H and O–H groups in total. The van der Waals surface area contributed by atoms with Crippen LogP contribution in [0.3, 0.4) is 0 Å². The number of nitrogens with zero attached hydrogens (tertiary/aromatic N) is 1. The van der Waals surface area contributed by atoms with Crippen molar-refractivity contribution in [3.63, 3.8) is 0 Å². The second-order valence-corrected chi connectivity index (χ2v) is 13.3. The van der Waals surface area contributed by atoms with Crippen LogP contribution in [0.5, 0.6) is 0 Å². The Morgan fingerprint density at radius 3 is 1.67 bits per heavy atom. The van der Waals surface area contributed by atoms with Crippen LogP contribution >= 0.6 is 0 Å². The predicted octanol–water partition coefficient (Wildman–Crippen LogP) is 14.4. The molecule has 52 heavy (non-hydrogen) atoms. The lowest BCUT2D eigenvalue weighted by atomic mass is 9.95. The van der Waals surface area contributed by atoms with E-state index < -0.39 is 0 Å². The van der Waals surface area contributed by atoms with Gasteiger partial charge >= 0.3 is 0 Å². The minimum Gasteiger partial charge on any atom is -0.456 e. The van der Waals surface area contributed by atoms with Gasteiger partial charge in [0.25, 0.3) is 0 Å². The molecule has 2 nitrogen and oxygen atoms in total. The minimum atomic E-state index is 0.883. The van der Waals surface area contributed by atoms with Crippen molar-refractivity contribution >= 4 is 60.5 Å². The molecule has 0 bridgehead atoms. The topological polar surface area (TPSA) is 16.4 Å². The van der Waals surface area contributed by atoms with Crippen molar-refractivity contribution in [2.24, 2.45) is 0 Å². The molecule has 0 amide bonds. The largest absolute Gasteiger partial charge is 0.456 e. The monoisotopic (exact) mass is 663 g/mol. The first kappa shape index (κ1) is 30.0. The summed E-state index contributed by atoms with van der Waals surface area (Å²) in [4.78, 5) is 2.42. The number of para-hydroxylation sites is 2. The highest BCUT2D eigenvalue weighted by molar-refractivity contribution is 6.16. The number of hydrogen-bond donors (Lipinski definition) is 0. The van der Waals surface area contributed by atoms with Gasteiger partial charge in [0.1, 0.15) is 11.2 Å². The van der Waals surface area contributed by atoms with Gasteiger partial charge in [-0.2, -0.15) is 0 Å². The first-order valence-electron chi connectivity index (χ1n) is 17.8. The van der Waals surface area contributed by atoms with Crippen LogP contribution in [0.2, 0.25) is 0 Å². The normalized spacial score (nSPS) is 11.5. The van der Waals surface area contributed by atoms with Gasteiger partial charge in [0.2, 0.25) is 0 Å². The molecule has 0 saturated carbocycles. The highest BCUT2D eigenvalue weighted by Crippen LogP contribution is 2.47. The average molecular weight is 664 g/mol. The summed E-state index contributed by atoms with van der Waals surface area (Å²) in [5.74, 6) is 0. The SMILES string of the molecule is c1ccc(-c2ccccc2N(c2ccc(-c3ccc4ccccc4c3)cc2)c2ccccc2-c2cccc3oc4cc5ccccc5cc4c23)cc1. The van der Waals surface area contributed by atoms with E-state index in [2.05, 4.69) is 205 Å². The summed E-state index contributed by atoms with van der Waals surface area (Å²) in [5, 5.41) is 7.11. The standard InChI is InChI=1S/C50H33NO/c1-2-14-36(15-3-1)42-19-8-10-22-46(42)51(41-29-27-35(28-30-41)40-26-25-34-13-4-5-16-37(34)31-40)47-23-11-9-20-43(47)44-21-12-24-48-50(44)45-32-38-17-6-7-18-39(38)33-49(45)52-48/h1-33H. The molecular formula is C50H33NO. The zero-order valence-electron chi connectivity index (χ0n) is 28.4. The van der Waals surface area contributed by atoms with Crippen LogP contribution in [0.15, 0.2) is 205 Å². The van der Waals surface area contributed by atoms with Crippen molar-refractivity contribution in [3.05, 3.63) is 200 Å². The molecule has 0 saturated heterocycles. The molecular weight excluding hydrogens is 631 g/mol. The maximum atomic E-state index is 6.54. The van der Waals surface area contributed by atoms with E-state index in [1.54, 1.807) is 0 Å². The number of furan rings is 1. The molecule has 0 aliphatic heterocycles. The minimum absolute atomic E-state index is 0.883. The van der Waals surface area contributed by atoms with E-state index in [1.165, 1.54) is 38.2 Å². The Hall–Kier alpha value is -6.90. The summed E-state index contributed by atoms with van der Waals surface area (Å²) in [7, 11) is 0. The third kappa shape index (κ3) is 5.12. The quantitative estimate of drug-likeness (QED) is 0.176. The van der Waals surface area contributed by atoms with Crippen molar-refractivity contribution in [2.75, 3.05) is 4.90 Å². The molecule has 1 aromatic heterocycles. The third-order valence-corrected chi connectivity index (χ3v) is 10.2. The van der Waals surface area contributed by atoms with E-state index in [1.807, 2.05) is 0 Å². The van der Waals surface area contributed by atoms with E-state index in [0.29, 0.717) is 0 Å². The fraction of sp³-hybridized carbons (Fsp3) is 0. The second kappa shape index (κ2) is 12.5. The van der Waals surface area contributed by atoms with Crippen LogP contribution < -0.4 is 4.90 Å². The van der Waals surface area contributed by atoms with Crippen LogP contribution in [0.25, 0.3) is 76.9 Å². The van der Waals surface area contributed by atoms with Gasteiger partial charge in [-0.3, -0.25) is 0 Å². The maximum absolute atomic E-state index is 6.54. The molecule has 0 atom stereocenters. The molecule has 0 spiro atoms. The van der Waals surface area contributed by atoms with Gasteiger partial charge < -0.3 is 9.32 Å². The van der Waals surface area contributed by atoms with Gasteiger partial charge in [0.15, 0.2) is 0 Å². The van der Waals surface area contributed by atoms with Crippen molar-refractivity contribution in [1.82, 2.24) is 0 Å². The molecule has 0 aliphatic rings. The first-order chi connectivity index (χ1) is 25.8. The predicted molar refractivity (Wildman–Crippen MR) is 220 cm³/mol. The molecule has 0 fully saturated rings. The molecule has 10 aromatic rings. The number of rotatable bonds is 6. The average Bonchev–Trinajstić information content (AvgIpc) is 3.58. The van der Waals surface area contributed by atoms with Crippen molar-refractivity contribution in [3.8, 4) is 33.4 Å². The van der Waals surface area contributed by atoms with Crippen LogP contribution in [-0.2, 0) is 0 Å². The van der Waals surface area contributed by atoms with Crippen molar-refractivity contribution in [2.45, 2.75) is 0 Å². The Kier molecular flexibility index (Phi) is 7.18. The van der Waals surface area contributed by atoms with E-state index in [9.17, 15) is 0 Å². The molecule has 2 heteroatoms.